The molecule has 7 aliphatic rings. The van der Waals surface area contributed by atoms with Crippen LogP contribution in [0.2, 0.25) is 0 Å². The molecule has 1 aliphatic carbocycles. The first-order chi connectivity index (χ1) is 29.6. The van der Waals surface area contributed by atoms with Gasteiger partial charge in [0.05, 0.1) is 55.9 Å². The Balaban J connectivity index is 1.14. The number of methoxy groups -OCH3 is 1. The Labute approximate surface area is 367 Å². The van der Waals surface area contributed by atoms with E-state index < -0.39 is 54.0 Å². The standard InChI is InChI=1S/C49H70O13/c1-28(2)44-31(5)18-19-48(62-44)26-37-23-36(61-48)17-16-30(4)45(29(3)12-9-13-34-27-57-46-43(51)32(6)22-39(47(52)59-37)49(34,46)53)60-42-25-40(54-8)38(33(7)58-42)15-11-21-56-41(50)24-35-14-10-20-55-35/h9,11-13,16,18-19,21-22,28-29,31,33,35-40,42-46,51,53H,10,14-15,17,20,23-27H2,1-8H3/b12-9+,21-11+,30-16+,34-13+/t29-,31-,33-,35?,36+,37-,38-,39-,40-,42-,43+,44+,45-,46+,48+,49+/m0/s1. The van der Waals surface area contributed by atoms with Crippen molar-refractivity contribution in [3.05, 3.63) is 71.6 Å². The van der Waals surface area contributed by atoms with E-state index in [0.29, 0.717) is 49.9 Å². The van der Waals surface area contributed by atoms with E-state index in [0.717, 1.165) is 18.4 Å². The van der Waals surface area contributed by atoms with E-state index in [1.54, 1.807) is 26.2 Å². The van der Waals surface area contributed by atoms with Gasteiger partial charge < -0.3 is 52.8 Å². The van der Waals surface area contributed by atoms with Crippen LogP contribution < -0.4 is 0 Å². The molecule has 7 rings (SSSR count). The van der Waals surface area contributed by atoms with Crippen molar-refractivity contribution in [1.29, 1.82) is 0 Å². The number of hydrogen-bond donors (Lipinski definition) is 2. The monoisotopic (exact) mass is 866 g/mol. The van der Waals surface area contributed by atoms with Crippen molar-refractivity contribution < 1.29 is 62.4 Å². The number of rotatable bonds is 9. The highest BCUT2D eigenvalue weighted by molar-refractivity contribution is 5.78. The molecule has 13 nitrogen and oxygen atoms in total. The summed E-state index contributed by atoms with van der Waals surface area (Å²) in [5.41, 5.74) is 0.171. The Kier molecular flexibility index (Phi) is 15.2. The summed E-state index contributed by atoms with van der Waals surface area (Å²) in [5, 5.41) is 23.7. The van der Waals surface area contributed by atoms with Crippen LogP contribution in [0.4, 0.5) is 0 Å². The SMILES string of the molecule is CO[C@H]1C[C@H](O[C@@H]2/C(C)=C/C[C@@H]3C[C@@H](C[C@]4(C=C[C@H](C)[C@@H](C(C)C)O4)O3)OC(=O)[C@@H]3C=C(C)[C@@H](O)[C@H]4OC/C(=C\C=C\[C@@H]2C)[C@]43O)O[C@@H](C)[C@@H]1C/C=C/OC(=O)CC1CCCO1. The first kappa shape index (κ1) is 47.0. The van der Waals surface area contributed by atoms with Crippen LogP contribution in [0, 0.1) is 29.6 Å². The zero-order chi connectivity index (χ0) is 44.3. The van der Waals surface area contributed by atoms with Crippen molar-refractivity contribution in [2.75, 3.05) is 20.3 Å². The van der Waals surface area contributed by atoms with Gasteiger partial charge in [-0.1, -0.05) is 64.2 Å². The Morgan fingerprint density at radius 2 is 1.85 bits per heavy atom. The largest absolute Gasteiger partial charge is 0.462 e. The second kappa shape index (κ2) is 20.0. The molecule has 62 heavy (non-hydrogen) atoms. The number of allylic oxidation sites excluding steroid dienone is 3. The predicted octanol–water partition coefficient (Wildman–Crippen LogP) is 6.72. The summed E-state index contributed by atoms with van der Waals surface area (Å²) in [6, 6.07) is 0. The Morgan fingerprint density at radius 3 is 2.60 bits per heavy atom. The lowest BCUT2D eigenvalue weighted by Gasteiger charge is -2.48. The molecule has 2 bridgehead atoms. The molecule has 344 valence electrons. The summed E-state index contributed by atoms with van der Waals surface area (Å²) in [6.45, 7) is 15.0. The van der Waals surface area contributed by atoms with Gasteiger partial charge in [-0.25, -0.2) is 0 Å². The van der Waals surface area contributed by atoms with Gasteiger partial charge in [0.15, 0.2) is 12.1 Å². The van der Waals surface area contributed by atoms with Crippen LogP contribution in [-0.4, -0.2) is 115 Å². The maximum atomic E-state index is 14.3. The molecule has 0 aromatic heterocycles. The lowest BCUT2D eigenvalue weighted by Crippen LogP contribution is -2.58. The number of fused-ring (bicyclic) bond motifs is 2. The number of aliphatic hydroxyl groups is 2. The zero-order valence-corrected chi connectivity index (χ0v) is 37.8. The van der Waals surface area contributed by atoms with Gasteiger partial charge in [0.2, 0.25) is 0 Å². The summed E-state index contributed by atoms with van der Waals surface area (Å²) in [4.78, 5) is 26.6. The summed E-state index contributed by atoms with van der Waals surface area (Å²) < 4.78 is 56.5. The fraction of sp³-hybridized carbons (Fsp3) is 0.714. The molecule has 1 spiro atoms. The molecule has 0 saturated carbocycles. The number of aliphatic hydroxyl groups excluding tert-OH is 1. The Morgan fingerprint density at radius 1 is 1.05 bits per heavy atom. The van der Waals surface area contributed by atoms with Crippen molar-refractivity contribution in [3.8, 4) is 0 Å². The predicted molar refractivity (Wildman–Crippen MR) is 229 cm³/mol. The zero-order valence-electron chi connectivity index (χ0n) is 37.8. The minimum absolute atomic E-state index is 0.00161. The third-order valence-corrected chi connectivity index (χ3v) is 14.1. The number of hydrogen-bond acceptors (Lipinski definition) is 13. The molecule has 16 atom stereocenters. The van der Waals surface area contributed by atoms with E-state index in [-0.39, 0.29) is 73.2 Å². The topological polar surface area (TPSA) is 158 Å². The van der Waals surface area contributed by atoms with E-state index in [2.05, 4.69) is 46.8 Å². The van der Waals surface area contributed by atoms with Crippen LogP contribution in [0.1, 0.15) is 99.8 Å². The van der Waals surface area contributed by atoms with E-state index >= 15 is 0 Å². The van der Waals surface area contributed by atoms with E-state index in [4.69, 9.17) is 42.6 Å². The second-order valence-electron chi connectivity index (χ2n) is 19.0. The van der Waals surface area contributed by atoms with Gasteiger partial charge in [0, 0.05) is 50.7 Å². The number of carbonyl (C=O) groups is 2. The van der Waals surface area contributed by atoms with Crippen LogP contribution >= 0.6 is 0 Å². The van der Waals surface area contributed by atoms with Crippen LogP contribution in [0.25, 0.3) is 0 Å². The van der Waals surface area contributed by atoms with Gasteiger partial charge in [-0.2, -0.15) is 0 Å². The maximum absolute atomic E-state index is 14.3. The molecular formula is C49H70O13. The van der Waals surface area contributed by atoms with E-state index in [1.807, 2.05) is 31.2 Å². The average molecular weight is 867 g/mol. The fourth-order valence-corrected chi connectivity index (χ4v) is 10.6. The second-order valence-corrected chi connectivity index (χ2v) is 19.0. The van der Waals surface area contributed by atoms with Crippen molar-refractivity contribution in [2.45, 2.75) is 172 Å². The van der Waals surface area contributed by atoms with Crippen LogP contribution in [-0.2, 0) is 52.2 Å². The molecule has 6 aliphatic heterocycles. The normalized spacial score (nSPS) is 44.9. The highest BCUT2D eigenvalue weighted by atomic mass is 16.7. The van der Waals surface area contributed by atoms with Crippen molar-refractivity contribution >= 4 is 11.9 Å². The molecule has 2 N–H and O–H groups in total. The number of ether oxygens (including phenoxy) is 9. The molecule has 13 heteroatoms. The van der Waals surface area contributed by atoms with Gasteiger partial charge in [-0.05, 0) is 81.2 Å². The van der Waals surface area contributed by atoms with Crippen LogP contribution in [0.3, 0.4) is 0 Å². The van der Waals surface area contributed by atoms with E-state index in [1.165, 1.54) is 6.26 Å². The molecule has 0 radical (unpaired) electrons. The minimum atomic E-state index is -1.83. The smallest absolute Gasteiger partial charge is 0.316 e. The highest BCUT2D eigenvalue weighted by Crippen LogP contribution is 2.47. The molecule has 0 aromatic carbocycles. The lowest BCUT2D eigenvalue weighted by atomic mass is 9.71. The van der Waals surface area contributed by atoms with Gasteiger partial charge in [0.1, 0.15) is 29.8 Å². The number of carbonyl (C=O) groups excluding carboxylic acids is 2. The molecule has 0 amide bonds. The molecule has 4 saturated heterocycles. The van der Waals surface area contributed by atoms with Crippen LogP contribution in [0.5, 0.6) is 0 Å². The van der Waals surface area contributed by atoms with E-state index in [9.17, 15) is 19.8 Å². The summed E-state index contributed by atoms with van der Waals surface area (Å²) in [6.07, 6.45) is 16.6. The maximum Gasteiger partial charge on any atom is 0.316 e. The molecule has 1 unspecified atom stereocenters. The molecule has 0 aromatic rings. The summed E-state index contributed by atoms with van der Waals surface area (Å²) in [7, 11) is 1.70. The summed E-state index contributed by atoms with van der Waals surface area (Å²) in [5.74, 6) is -2.87. The quantitative estimate of drug-likeness (QED) is 0.143. The van der Waals surface area contributed by atoms with Crippen molar-refractivity contribution in [3.63, 3.8) is 0 Å². The van der Waals surface area contributed by atoms with Crippen LogP contribution in [0.15, 0.2) is 71.6 Å². The summed E-state index contributed by atoms with van der Waals surface area (Å²) >= 11 is 0. The van der Waals surface area contributed by atoms with Crippen molar-refractivity contribution in [2.24, 2.45) is 29.6 Å². The Bertz CT molecular complexity index is 1780. The van der Waals surface area contributed by atoms with Crippen molar-refractivity contribution in [1.82, 2.24) is 0 Å². The number of esters is 2. The minimum Gasteiger partial charge on any atom is -0.462 e. The first-order valence-electron chi connectivity index (χ1n) is 22.9. The van der Waals surface area contributed by atoms with Gasteiger partial charge in [-0.15, -0.1) is 0 Å². The lowest BCUT2D eigenvalue weighted by molar-refractivity contribution is -0.299. The highest BCUT2D eigenvalue weighted by Gasteiger charge is 2.60. The Hall–Kier alpha value is -2.98. The average Bonchev–Trinajstić information content (AvgIpc) is 3.87. The first-order valence-corrected chi connectivity index (χ1v) is 22.9. The third kappa shape index (κ3) is 10.3. The van der Waals surface area contributed by atoms with Gasteiger partial charge >= 0.3 is 11.9 Å². The fourth-order valence-electron chi connectivity index (χ4n) is 10.6. The van der Waals surface area contributed by atoms with Gasteiger partial charge in [0.25, 0.3) is 0 Å². The third-order valence-electron chi connectivity index (χ3n) is 14.1. The van der Waals surface area contributed by atoms with Gasteiger partial charge in [-0.3, -0.25) is 9.59 Å². The molecular weight excluding hydrogens is 797 g/mol. The molecule has 4 fully saturated rings. The molecule has 6 heterocycles.